The topological polar surface area (TPSA) is 112 Å². The third-order valence-corrected chi connectivity index (χ3v) is 7.08. The third kappa shape index (κ3) is 3.94. The van der Waals surface area contributed by atoms with E-state index in [2.05, 4.69) is 0 Å². The zero-order valence-corrected chi connectivity index (χ0v) is 18.8. The number of fused-ring (bicyclic) bond motifs is 2. The second kappa shape index (κ2) is 8.49. The molecule has 2 heterocycles. The molecule has 0 saturated heterocycles. The molecule has 0 bridgehead atoms. The summed E-state index contributed by atoms with van der Waals surface area (Å²) in [6, 6.07) is 9.64. The van der Waals surface area contributed by atoms with Gasteiger partial charge in [0.1, 0.15) is 18.5 Å². The summed E-state index contributed by atoms with van der Waals surface area (Å²) in [6.45, 7) is 2.26. The van der Waals surface area contributed by atoms with E-state index in [0.717, 1.165) is 4.31 Å². The van der Waals surface area contributed by atoms with Gasteiger partial charge in [-0.2, -0.15) is 0 Å². The average Bonchev–Trinajstić information content (AvgIpc) is 3.33. The zero-order chi connectivity index (χ0) is 23.0. The van der Waals surface area contributed by atoms with Gasteiger partial charge in [0.25, 0.3) is 0 Å². The van der Waals surface area contributed by atoms with E-state index >= 15 is 0 Å². The maximum absolute atomic E-state index is 12.9. The van der Waals surface area contributed by atoms with Crippen LogP contribution in [0.1, 0.15) is 6.92 Å². The van der Waals surface area contributed by atoms with E-state index < -0.39 is 16.1 Å². The van der Waals surface area contributed by atoms with Gasteiger partial charge in [-0.1, -0.05) is 0 Å². The van der Waals surface area contributed by atoms with Crippen LogP contribution >= 0.6 is 0 Å². The normalized spacial score (nSPS) is 14.3. The molecule has 4 rings (SSSR count). The quantitative estimate of drug-likeness (QED) is 0.535. The molecule has 1 N–H and O–H groups in total. The molecule has 0 radical (unpaired) electrons. The molecule has 32 heavy (non-hydrogen) atoms. The Bertz CT molecular complexity index is 1310. The summed E-state index contributed by atoms with van der Waals surface area (Å²) in [4.78, 5) is 13.0. The molecule has 1 aliphatic heterocycles. The molecule has 1 aromatic heterocycles. The molecule has 1 unspecified atom stereocenters. The molecule has 11 heteroatoms. The first kappa shape index (κ1) is 22.2. The zero-order valence-electron chi connectivity index (χ0n) is 18.0. The van der Waals surface area contributed by atoms with Crippen molar-refractivity contribution < 1.29 is 27.7 Å². The Kier molecular flexibility index (Phi) is 5.89. The van der Waals surface area contributed by atoms with Crippen molar-refractivity contribution in [3.8, 4) is 17.2 Å². The van der Waals surface area contributed by atoms with Crippen molar-refractivity contribution in [3.05, 3.63) is 46.9 Å². The van der Waals surface area contributed by atoms with Crippen LogP contribution in [-0.2, 0) is 23.1 Å². The van der Waals surface area contributed by atoms with Gasteiger partial charge in [-0.15, -0.1) is 0 Å². The molecule has 0 spiro atoms. The van der Waals surface area contributed by atoms with Crippen LogP contribution in [0.25, 0.3) is 11.0 Å². The van der Waals surface area contributed by atoms with Gasteiger partial charge < -0.3 is 19.3 Å². The summed E-state index contributed by atoms with van der Waals surface area (Å²) in [5.41, 5.74) is 0.699. The Labute approximate surface area is 185 Å². The Morgan fingerprint density at radius 1 is 1.09 bits per heavy atom. The van der Waals surface area contributed by atoms with E-state index in [1.54, 1.807) is 24.3 Å². The average molecular weight is 464 g/mol. The van der Waals surface area contributed by atoms with Gasteiger partial charge in [0.05, 0.1) is 22.5 Å². The molecule has 0 aliphatic carbocycles. The summed E-state index contributed by atoms with van der Waals surface area (Å²) < 4.78 is 45.4. The van der Waals surface area contributed by atoms with Gasteiger partial charge in [0.15, 0.2) is 11.5 Å². The Morgan fingerprint density at radius 3 is 2.56 bits per heavy atom. The van der Waals surface area contributed by atoms with Gasteiger partial charge in [0.2, 0.25) is 16.8 Å². The number of imidazole rings is 1. The number of hydrogen-bond donors (Lipinski definition) is 1. The standard InChI is InChI=1S/C21H25N3O7S/c1-4-23-17-7-6-16(32(27,28)22(2)3)10-18(17)24(21(23)26)11-14(25)12-29-15-5-8-19-20(9-15)31-13-30-19/h5-10,14,25H,4,11-13H2,1-3H3. The summed E-state index contributed by atoms with van der Waals surface area (Å²) in [5.74, 6) is 1.69. The van der Waals surface area contributed by atoms with E-state index in [4.69, 9.17) is 14.2 Å². The van der Waals surface area contributed by atoms with E-state index in [1.165, 1.54) is 35.4 Å². The highest BCUT2D eigenvalue weighted by atomic mass is 32.2. The van der Waals surface area contributed by atoms with Crippen LogP contribution in [0, 0.1) is 0 Å². The molecule has 3 aromatic rings. The van der Waals surface area contributed by atoms with Crippen molar-refractivity contribution in [2.24, 2.45) is 0 Å². The number of aryl methyl sites for hydroxylation is 1. The number of ether oxygens (including phenoxy) is 3. The van der Waals surface area contributed by atoms with Gasteiger partial charge in [-0.3, -0.25) is 9.13 Å². The summed E-state index contributed by atoms with van der Waals surface area (Å²) >= 11 is 0. The number of rotatable bonds is 8. The minimum atomic E-state index is -3.68. The van der Waals surface area contributed by atoms with Crippen molar-refractivity contribution in [1.29, 1.82) is 0 Å². The Hall–Kier alpha value is -3.02. The van der Waals surface area contributed by atoms with Crippen LogP contribution in [0.3, 0.4) is 0 Å². The number of sulfonamides is 1. The molecular weight excluding hydrogens is 438 g/mol. The highest BCUT2D eigenvalue weighted by molar-refractivity contribution is 7.89. The van der Waals surface area contributed by atoms with Crippen LogP contribution in [0.5, 0.6) is 17.2 Å². The monoisotopic (exact) mass is 463 g/mol. The minimum absolute atomic E-state index is 0.0572. The number of hydrogen-bond acceptors (Lipinski definition) is 7. The summed E-state index contributed by atoms with van der Waals surface area (Å²) in [5, 5.41) is 10.6. The lowest BCUT2D eigenvalue weighted by atomic mass is 10.3. The van der Waals surface area contributed by atoms with Crippen LogP contribution in [0.4, 0.5) is 0 Å². The summed E-state index contributed by atoms with van der Waals surface area (Å²) in [6.07, 6.45) is -1.01. The van der Waals surface area contributed by atoms with Crippen molar-refractivity contribution in [1.82, 2.24) is 13.4 Å². The molecular formula is C21H25N3O7S. The molecule has 1 aliphatic rings. The third-order valence-electron chi connectivity index (χ3n) is 5.26. The highest BCUT2D eigenvalue weighted by Crippen LogP contribution is 2.35. The first-order valence-corrected chi connectivity index (χ1v) is 11.5. The van der Waals surface area contributed by atoms with E-state index in [1.807, 2.05) is 6.92 Å². The SMILES string of the molecule is CCn1c(=O)n(CC(O)COc2ccc3c(c2)OCO3)c2cc(S(=O)(=O)N(C)C)ccc21. The fourth-order valence-corrected chi connectivity index (χ4v) is 4.50. The van der Waals surface area contributed by atoms with E-state index in [-0.39, 0.29) is 30.5 Å². The maximum Gasteiger partial charge on any atom is 0.329 e. The first-order chi connectivity index (χ1) is 15.2. The molecule has 1 atom stereocenters. The minimum Gasteiger partial charge on any atom is -0.491 e. The predicted octanol–water partition coefficient (Wildman–Crippen LogP) is 1.24. The number of benzene rings is 2. The lowest BCUT2D eigenvalue weighted by Gasteiger charge is -2.14. The Morgan fingerprint density at radius 2 is 1.84 bits per heavy atom. The second-order valence-electron chi connectivity index (χ2n) is 7.56. The Balaban J connectivity index is 1.59. The summed E-state index contributed by atoms with van der Waals surface area (Å²) in [7, 11) is -0.785. The van der Waals surface area contributed by atoms with Gasteiger partial charge >= 0.3 is 5.69 Å². The van der Waals surface area contributed by atoms with Crippen molar-refractivity contribution in [2.75, 3.05) is 27.5 Å². The van der Waals surface area contributed by atoms with Crippen molar-refractivity contribution in [2.45, 2.75) is 31.0 Å². The lowest BCUT2D eigenvalue weighted by molar-refractivity contribution is 0.0923. The first-order valence-electron chi connectivity index (χ1n) is 10.1. The van der Waals surface area contributed by atoms with Gasteiger partial charge in [-0.05, 0) is 37.3 Å². The molecule has 2 aromatic carbocycles. The number of nitrogens with zero attached hydrogens (tertiary/aromatic N) is 3. The number of aromatic nitrogens is 2. The number of aliphatic hydroxyl groups excluding tert-OH is 1. The van der Waals surface area contributed by atoms with Gasteiger partial charge in [-0.25, -0.2) is 17.5 Å². The molecule has 0 fully saturated rings. The lowest BCUT2D eigenvalue weighted by Crippen LogP contribution is -2.31. The number of aliphatic hydroxyl groups is 1. The van der Waals surface area contributed by atoms with Gasteiger partial charge in [0, 0.05) is 26.7 Å². The van der Waals surface area contributed by atoms with Crippen LogP contribution in [0.15, 0.2) is 46.1 Å². The van der Waals surface area contributed by atoms with E-state index in [9.17, 15) is 18.3 Å². The fourth-order valence-electron chi connectivity index (χ4n) is 3.58. The second-order valence-corrected chi connectivity index (χ2v) is 9.71. The molecule has 0 saturated carbocycles. The molecule has 172 valence electrons. The van der Waals surface area contributed by atoms with Crippen molar-refractivity contribution >= 4 is 21.1 Å². The van der Waals surface area contributed by atoms with Crippen LogP contribution < -0.4 is 19.9 Å². The van der Waals surface area contributed by atoms with E-state index in [0.29, 0.717) is 34.8 Å². The largest absolute Gasteiger partial charge is 0.491 e. The molecule has 10 nitrogen and oxygen atoms in total. The fraction of sp³-hybridized carbons (Fsp3) is 0.381. The molecule has 0 amide bonds. The van der Waals surface area contributed by atoms with Crippen LogP contribution in [0.2, 0.25) is 0 Å². The highest BCUT2D eigenvalue weighted by Gasteiger charge is 2.22. The van der Waals surface area contributed by atoms with Crippen molar-refractivity contribution in [3.63, 3.8) is 0 Å². The predicted molar refractivity (Wildman–Crippen MR) is 117 cm³/mol. The maximum atomic E-state index is 12.9. The smallest absolute Gasteiger partial charge is 0.329 e. The van der Waals surface area contributed by atoms with Crippen LogP contribution in [-0.4, -0.2) is 60.6 Å².